The number of pyridine rings is 3. The Kier molecular flexibility index (Phi) is 5.73. The van der Waals surface area contributed by atoms with E-state index in [1.807, 2.05) is 25.1 Å². The molecule has 0 unspecified atom stereocenters. The summed E-state index contributed by atoms with van der Waals surface area (Å²) in [6.07, 6.45) is 9.73. The Morgan fingerprint density at radius 3 is 2.61 bits per heavy atom. The second-order valence-corrected chi connectivity index (χ2v) is 11.0. The van der Waals surface area contributed by atoms with Crippen LogP contribution in [0.3, 0.4) is 0 Å². The van der Waals surface area contributed by atoms with Crippen LogP contribution >= 0.6 is 0 Å². The van der Waals surface area contributed by atoms with Gasteiger partial charge in [-0.3, -0.25) is 20.1 Å². The zero-order valence-electron chi connectivity index (χ0n) is 20.4. The van der Waals surface area contributed by atoms with E-state index in [-0.39, 0.29) is 6.54 Å². The van der Waals surface area contributed by atoms with Crippen molar-refractivity contribution in [1.29, 1.82) is 0 Å². The molecule has 0 saturated carbocycles. The van der Waals surface area contributed by atoms with E-state index >= 15 is 0 Å². The van der Waals surface area contributed by atoms with Crippen molar-refractivity contribution < 1.29 is 12.8 Å². The number of aryl methyl sites for hydroxylation is 1. The fourth-order valence-corrected chi connectivity index (χ4v) is 4.96. The molecule has 0 radical (unpaired) electrons. The summed E-state index contributed by atoms with van der Waals surface area (Å²) in [5, 5.41) is 9.30. The number of benzene rings is 1. The molecule has 6 rings (SSSR count). The van der Waals surface area contributed by atoms with Gasteiger partial charge in [-0.15, -0.1) is 0 Å². The summed E-state index contributed by atoms with van der Waals surface area (Å²) in [4.78, 5) is 16.5. The summed E-state index contributed by atoms with van der Waals surface area (Å²) in [6.45, 7) is 2.00. The van der Waals surface area contributed by atoms with Crippen molar-refractivity contribution in [3.63, 3.8) is 0 Å². The topological polar surface area (TPSA) is 129 Å². The maximum Gasteiger partial charge on any atom is 0.209 e. The Hall–Kier alpha value is -4.48. The van der Waals surface area contributed by atoms with Gasteiger partial charge < -0.3 is 4.98 Å². The normalized spacial score (nSPS) is 12.0. The number of nitrogens with one attached hydrogen (secondary N) is 3. The van der Waals surface area contributed by atoms with Gasteiger partial charge in [0.2, 0.25) is 10.0 Å². The van der Waals surface area contributed by atoms with E-state index in [0.717, 1.165) is 50.6 Å². The zero-order chi connectivity index (χ0) is 26.4. The first kappa shape index (κ1) is 23.9. The van der Waals surface area contributed by atoms with Crippen molar-refractivity contribution in [1.82, 2.24) is 34.9 Å². The minimum atomic E-state index is -3.42. The van der Waals surface area contributed by atoms with E-state index in [2.05, 4.69) is 34.9 Å². The van der Waals surface area contributed by atoms with Gasteiger partial charge in [0.1, 0.15) is 11.5 Å². The second kappa shape index (κ2) is 9.12. The SMILES string of the molecule is Cc1ccncc1-c1cc2c(-c3cc4c(-c5cc(F)cc(CNS(C)(=O)=O)c5)cncc4[nH]3)n[nH]c2cn1. The van der Waals surface area contributed by atoms with Crippen LogP contribution in [0.2, 0.25) is 0 Å². The molecule has 0 spiro atoms. The molecule has 0 amide bonds. The number of hydrogen-bond donors (Lipinski definition) is 3. The van der Waals surface area contributed by atoms with Crippen LogP contribution in [-0.4, -0.2) is 44.8 Å². The fraction of sp³-hybridized carbons (Fsp3) is 0.111. The van der Waals surface area contributed by atoms with E-state index < -0.39 is 15.8 Å². The van der Waals surface area contributed by atoms with Gasteiger partial charge in [-0.25, -0.2) is 17.5 Å². The molecular formula is C27H22FN7O2S. The van der Waals surface area contributed by atoms with Crippen LogP contribution in [0.5, 0.6) is 0 Å². The third-order valence-electron chi connectivity index (χ3n) is 6.37. The molecule has 5 heterocycles. The van der Waals surface area contributed by atoms with Crippen molar-refractivity contribution >= 4 is 31.8 Å². The number of aromatic amines is 2. The average molecular weight is 528 g/mol. The molecular weight excluding hydrogens is 505 g/mol. The molecule has 190 valence electrons. The summed E-state index contributed by atoms with van der Waals surface area (Å²) >= 11 is 0. The highest BCUT2D eigenvalue weighted by molar-refractivity contribution is 7.88. The minimum Gasteiger partial charge on any atom is -0.352 e. The first-order valence-corrected chi connectivity index (χ1v) is 13.6. The van der Waals surface area contributed by atoms with Crippen molar-refractivity contribution in [2.45, 2.75) is 13.5 Å². The van der Waals surface area contributed by atoms with Crippen molar-refractivity contribution in [2.24, 2.45) is 0 Å². The minimum absolute atomic E-state index is 0.0164. The monoisotopic (exact) mass is 527 g/mol. The molecule has 3 N–H and O–H groups in total. The Labute approximate surface area is 217 Å². The van der Waals surface area contributed by atoms with Gasteiger partial charge in [-0.1, -0.05) is 0 Å². The lowest BCUT2D eigenvalue weighted by Crippen LogP contribution is -2.21. The number of fused-ring (bicyclic) bond motifs is 2. The molecule has 9 nitrogen and oxygen atoms in total. The van der Waals surface area contributed by atoms with E-state index in [9.17, 15) is 12.8 Å². The first-order chi connectivity index (χ1) is 18.2. The Balaban J connectivity index is 1.44. The van der Waals surface area contributed by atoms with Crippen molar-refractivity contribution in [3.8, 4) is 33.8 Å². The van der Waals surface area contributed by atoms with Gasteiger partial charge >= 0.3 is 0 Å². The van der Waals surface area contributed by atoms with Crippen LogP contribution in [0, 0.1) is 12.7 Å². The molecule has 6 aromatic rings. The fourth-order valence-electron chi connectivity index (χ4n) is 4.53. The van der Waals surface area contributed by atoms with Crippen molar-refractivity contribution in [2.75, 3.05) is 6.26 Å². The Morgan fingerprint density at radius 2 is 1.79 bits per heavy atom. The largest absolute Gasteiger partial charge is 0.352 e. The molecule has 0 fully saturated rings. The lowest BCUT2D eigenvalue weighted by molar-refractivity contribution is 0.586. The zero-order valence-corrected chi connectivity index (χ0v) is 21.3. The number of aromatic nitrogens is 6. The third kappa shape index (κ3) is 4.53. The molecule has 11 heteroatoms. The standard InChI is InChI=1S/C27H22FN7O2S/c1-15-3-4-29-11-21(15)23-9-20-26(14-31-23)34-35-27(20)24-8-19-22(12-30-13-25(19)33-24)17-5-16(6-18(28)7-17)10-32-38(2,36)37/h3-9,11-14,32-33H,10H2,1-2H3,(H,34,35). The van der Waals surface area contributed by atoms with E-state index in [1.54, 1.807) is 37.1 Å². The van der Waals surface area contributed by atoms with Crippen molar-refractivity contribution in [3.05, 3.63) is 84.3 Å². The second-order valence-electron chi connectivity index (χ2n) is 9.15. The Morgan fingerprint density at radius 1 is 0.947 bits per heavy atom. The van der Waals surface area contributed by atoms with Crippen LogP contribution in [0.4, 0.5) is 4.39 Å². The summed E-state index contributed by atoms with van der Waals surface area (Å²) in [6, 6.07) is 10.4. The smallest absolute Gasteiger partial charge is 0.209 e. The highest BCUT2D eigenvalue weighted by Gasteiger charge is 2.16. The molecule has 0 aliphatic carbocycles. The van der Waals surface area contributed by atoms with E-state index in [1.165, 1.54) is 12.1 Å². The van der Waals surface area contributed by atoms with Gasteiger partial charge in [0.15, 0.2) is 0 Å². The number of rotatable bonds is 6. The van der Waals surface area contributed by atoms with Gasteiger partial charge in [-0.2, -0.15) is 5.10 Å². The maximum atomic E-state index is 14.5. The number of sulfonamides is 1. The van der Waals surface area contributed by atoms with Gasteiger partial charge in [0, 0.05) is 47.0 Å². The molecule has 0 saturated heterocycles. The van der Waals surface area contributed by atoms with Crippen LogP contribution in [0.1, 0.15) is 11.1 Å². The lowest BCUT2D eigenvalue weighted by atomic mass is 10.0. The first-order valence-electron chi connectivity index (χ1n) is 11.7. The summed E-state index contributed by atoms with van der Waals surface area (Å²) in [7, 11) is -3.42. The number of nitrogens with zero attached hydrogens (tertiary/aromatic N) is 4. The predicted octanol–water partition coefficient (Wildman–Crippen LogP) is 4.73. The van der Waals surface area contributed by atoms with Crippen LogP contribution in [-0.2, 0) is 16.6 Å². The van der Waals surface area contributed by atoms with Crippen LogP contribution in [0.15, 0.2) is 67.4 Å². The Bertz CT molecular complexity index is 1950. The molecule has 38 heavy (non-hydrogen) atoms. The van der Waals surface area contributed by atoms with Gasteiger partial charge in [0.25, 0.3) is 0 Å². The molecule has 0 aliphatic heterocycles. The van der Waals surface area contributed by atoms with Crippen LogP contribution in [0.25, 0.3) is 55.6 Å². The molecule has 0 atom stereocenters. The van der Waals surface area contributed by atoms with Crippen LogP contribution < -0.4 is 4.72 Å². The predicted molar refractivity (Wildman–Crippen MR) is 144 cm³/mol. The third-order valence-corrected chi connectivity index (χ3v) is 7.04. The highest BCUT2D eigenvalue weighted by Crippen LogP contribution is 2.35. The average Bonchev–Trinajstić information content (AvgIpc) is 3.50. The lowest BCUT2D eigenvalue weighted by Gasteiger charge is -2.08. The van der Waals surface area contributed by atoms with Gasteiger partial charge in [0.05, 0.1) is 41.1 Å². The number of hydrogen-bond acceptors (Lipinski definition) is 6. The number of halogens is 1. The van der Waals surface area contributed by atoms with E-state index in [0.29, 0.717) is 22.4 Å². The summed E-state index contributed by atoms with van der Waals surface area (Å²) in [5.74, 6) is -0.468. The molecule has 1 aromatic carbocycles. The van der Waals surface area contributed by atoms with E-state index in [4.69, 9.17) is 0 Å². The molecule has 0 bridgehead atoms. The molecule has 0 aliphatic rings. The number of H-pyrrole nitrogens is 2. The van der Waals surface area contributed by atoms with Gasteiger partial charge in [-0.05, 0) is 60.0 Å². The highest BCUT2D eigenvalue weighted by atomic mass is 32.2. The maximum absolute atomic E-state index is 14.5. The molecule has 5 aromatic heterocycles. The summed E-state index contributed by atoms with van der Waals surface area (Å²) < 4.78 is 39.9. The summed E-state index contributed by atoms with van der Waals surface area (Å²) in [5.41, 5.74) is 7.61. The quantitative estimate of drug-likeness (QED) is 0.287.